The van der Waals surface area contributed by atoms with E-state index in [0.29, 0.717) is 25.5 Å². The molecular weight excluding hydrogens is 460 g/mol. The molecule has 0 fully saturated rings. The van der Waals surface area contributed by atoms with Gasteiger partial charge in [-0.05, 0) is 58.9 Å². The first-order chi connectivity index (χ1) is 13.6. The Morgan fingerprint density at radius 2 is 2.11 bits per heavy atom. The SMILES string of the molecule is Cc1ccnc(Sc2oc(/C=c3/sc4nc5ccccc5n4c3=O)cc2Br)n1. The van der Waals surface area contributed by atoms with Gasteiger partial charge in [0.15, 0.2) is 15.2 Å². The Kier molecular flexibility index (Phi) is 4.30. The molecule has 28 heavy (non-hydrogen) atoms. The van der Waals surface area contributed by atoms with Crippen molar-refractivity contribution in [3.8, 4) is 0 Å². The molecule has 0 spiro atoms. The van der Waals surface area contributed by atoms with Crippen LogP contribution in [-0.2, 0) is 0 Å². The van der Waals surface area contributed by atoms with Crippen LogP contribution in [0.1, 0.15) is 11.5 Å². The van der Waals surface area contributed by atoms with Crippen LogP contribution in [0.5, 0.6) is 0 Å². The van der Waals surface area contributed by atoms with Crippen LogP contribution in [0.4, 0.5) is 0 Å². The van der Waals surface area contributed by atoms with E-state index in [2.05, 4.69) is 30.9 Å². The van der Waals surface area contributed by atoms with Gasteiger partial charge in [0, 0.05) is 18.0 Å². The van der Waals surface area contributed by atoms with Crippen LogP contribution in [0.3, 0.4) is 0 Å². The lowest BCUT2D eigenvalue weighted by Crippen LogP contribution is -2.22. The van der Waals surface area contributed by atoms with Crippen molar-refractivity contribution >= 4 is 61.1 Å². The maximum atomic E-state index is 12.9. The summed E-state index contributed by atoms with van der Waals surface area (Å²) in [6.45, 7) is 1.91. The number of hydrogen-bond acceptors (Lipinski definition) is 7. The van der Waals surface area contributed by atoms with E-state index < -0.39 is 0 Å². The molecule has 0 aliphatic rings. The first kappa shape index (κ1) is 17.6. The zero-order chi connectivity index (χ0) is 19.3. The van der Waals surface area contributed by atoms with Gasteiger partial charge < -0.3 is 4.42 Å². The molecular formula is C19H11BrN4O2S2. The summed E-state index contributed by atoms with van der Waals surface area (Å²) >= 11 is 6.17. The summed E-state index contributed by atoms with van der Waals surface area (Å²) in [5.74, 6) is 0.577. The van der Waals surface area contributed by atoms with E-state index in [4.69, 9.17) is 4.42 Å². The van der Waals surface area contributed by atoms with Gasteiger partial charge >= 0.3 is 0 Å². The van der Waals surface area contributed by atoms with Crippen molar-refractivity contribution in [2.45, 2.75) is 17.2 Å². The third-order valence-electron chi connectivity index (χ3n) is 4.05. The van der Waals surface area contributed by atoms with Gasteiger partial charge in [-0.25, -0.2) is 19.4 Å². The molecule has 138 valence electrons. The van der Waals surface area contributed by atoms with Gasteiger partial charge in [-0.2, -0.15) is 0 Å². The molecule has 0 saturated heterocycles. The van der Waals surface area contributed by atoms with Gasteiger partial charge in [0.25, 0.3) is 5.56 Å². The highest BCUT2D eigenvalue weighted by Crippen LogP contribution is 2.34. The summed E-state index contributed by atoms with van der Waals surface area (Å²) in [6, 6.07) is 11.3. The molecule has 5 rings (SSSR count). The van der Waals surface area contributed by atoms with E-state index in [1.807, 2.05) is 43.3 Å². The smallest absolute Gasteiger partial charge is 0.275 e. The molecule has 4 aromatic heterocycles. The maximum absolute atomic E-state index is 12.9. The van der Waals surface area contributed by atoms with Crippen molar-refractivity contribution < 1.29 is 4.42 Å². The predicted octanol–water partition coefficient (Wildman–Crippen LogP) is 4.06. The minimum atomic E-state index is -0.0996. The number of thiazole rings is 1. The average Bonchev–Trinajstić information content (AvgIpc) is 3.29. The van der Waals surface area contributed by atoms with Crippen LogP contribution in [0.25, 0.3) is 22.1 Å². The van der Waals surface area contributed by atoms with Gasteiger partial charge in [-0.3, -0.25) is 4.79 Å². The molecule has 0 bridgehead atoms. The number of hydrogen-bond donors (Lipinski definition) is 0. The fourth-order valence-electron chi connectivity index (χ4n) is 2.81. The Bertz CT molecular complexity index is 1450. The van der Waals surface area contributed by atoms with Crippen LogP contribution in [0, 0.1) is 6.92 Å². The number of para-hydroxylation sites is 2. The van der Waals surface area contributed by atoms with Crippen LogP contribution in [0.15, 0.2) is 66.5 Å². The van der Waals surface area contributed by atoms with Gasteiger partial charge in [-0.1, -0.05) is 23.5 Å². The maximum Gasteiger partial charge on any atom is 0.275 e. The van der Waals surface area contributed by atoms with Gasteiger partial charge in [0.05, 0.1) is 15.5 Å². The first-order valence-corrected chi connectivity index (χ1v) is 10.7. The Balaban J connectivity index is 1.56. The Morgan fingerprint density at radius 3 is 2.96 bits per heavy atom. The third-order valence-corrected chi connectivity index (χ3v) is 6.74. The molecule has 0 radical (unpaired) electrons. The standard InChI is InChI=1S/C19H11BrN4O2S2/c1-10-6-7-21-18(22-10)28-17-12(20)8-11(26-17)9-15-16(25)24-14-5-3-2-4-13(14)23-19(24)27-15/h2-9H,1H3/b15-9+. The predicted molar refractivity (Wildman–Crippen MR) is 113 cm³/mol. The van der Waals surface area contributed by atoms with Crippen molar-refractivity contribution in [1.82, 2.24) is 19.4 Å². The van der Waals surface area contributed by atoms with Crippen molar-refractivity contribution in [2.75, 3.05) is 0 Å². The van der Waals surface area contributed by atoms with Gasteiger partial charge in [0.2, 0.25) is 0 Å². The Hall–Kier alpha value is -2.49. The molecule has 4 heterocycles. The Labute approximate surface area is 175 Å². The summed E-state index contributed by atoms with van der Waals surface area (Å²) in [5.41, 5.74) is 2.41. The average molecular weight is 471 g/mol. The lowest BCUT2D eigenvalue weighted by atomic mass is 10.3. The molecule has 0 aliphatic carbocycles. The molecule has 1 aromatic carbocycles. The van der Waals surface area contributed by atoms with Crippen LogP contribution < -0.4 is 10.1 Å². The third kappa shape index (κ3) is 3.05. The minimum Gasteiger partial charge on any atom is -0.449 e. The number of benzene rings is 1. The zero-order valence-electron chi connectivity index (χ0n) is 14.4. The van der Waals surface area contributed by atoms with Crippen molar-refractivity contribution in [2.24, 2.45) is 0 Å². The van der Waals surface area contributed by atoms with E-state index in [1.54, 1.807) is 16.7 Å². The molecule has 0 saturated carbocycles. The van der Waals surface area contributed by atoms with E-state index in [1.165, 1.54) is 23.1 Å². The van der Waals surface area contributed by atoms with Crippen molar-refractivity contribution in [1.29, 1.82) is 0 Å². The summed E-state index contributed by atoms with van der Waals surface area (Å²) < 4.78 is 8.89. The fraction of sp³-hybridized carbons (Fsp3) is 0.0526. The van der Waals surface area contributed by atoms with Crippen LogP contribution >= 0.6 is 39.0 Å². The van der Waals surface area contributed by atoms with E-state index >= 15 is 0 Å². The topological polar surface area (TPSA) is 73.3 Å². The number of aryl methyl sites for hydroxylation is 1. The normalized spacial score (nSPS) is 12.4. The first-order valence-electron chi connectivity index (χ1n) is 8.27. The summed E-state index contributed by atoms with van der Waals surface area (Å²) in [6.07, 6.45) is 3.45. The van der Waals surface area contributed by atoms with Crippen molar-refractivity contribution in [3.05, 3.63) is 73.4 Å². The number of imidazole rings is 1. The fourth-order valence-corrected chi connectivity index (χ4v) is 5.09. The molecule has 0 amide bonds. The van der Waals surface area contributed by atoms with E-state index in [9.17, 15) is 4.79 Å². The van der Waals surface area contributed by atoms with E-state index in [0.717, 1.165) is 21.2 Å². The quantitative estimate of drug-likeness (QED) is 0.370. The van der Waals surface area contributed by atoms with Gasteiger partial charge in [-0.15, -0.1) is 0 Å². The molecule has 0 atom stereocenters. The molecule has 6 nitrogen and oxygen atoms in total. The summed E-state index contributed by atoms with van der Waals surface area (Å²) in [5, 5.41) is 1.24. The second-order valence-electron chi connectivity index (χ2n) is 6.00. The largest absolute Gasteiger partial charge is 0.449 e. The molecule has 5 aromatic rings. The number of halogens is 1. The molecule has 0 N–H and O–H groups in total. The molecule has 0 aliphatic heterocycles. The molecule has 9 heteroatoms. The highest BCUT2D eigenvalue weighted by Gasteiger charge is 2.14. The lowest BCUT2D eigenvalue weighted by molar-refractivity contribution is 0.462. The zero-order valence-corrected chi connectivity index (χ0v) is 17.6. The lowest BCUT2D eigenvalue weighted by Gasteiger charge is -1.97. The second kappa shape index (κ2) is 6.84. The minimum absolute atomic E-state index is 0.0996. The van der Waals surface area contributed by atoms with Crippen molar-refractivity contribution in [3.63, 3.8) is 0 Å². The highest BCUT2D eigenvalue weighted by molar-refractivity contribution is 9.10. The summed E-state index contributed by atoms with van der Waals surface area (Å²) in [4.78, 5) is 26.7. The van der Waals surface area contributed by atoms with Gasteiger partial charge in [0.1, 0.15) is 10.3 Å². The Morgan fingerprint density at radius 1 is 1.25 bits per heavy atom. The number of rotatable bonds is 3. The number of nitrogens with zero attached hydrogens (tertiary/aromatic N) is 4. The number of furan rings is 1. The number of aromatic nitrogens is 4. The monoisotopic (exact) mass is 470 g/mol. The number of fused-ring (bicyclic) bond motifs is 3. The molecule has 0 unspecified atom stereocenters. The van der Waals surface area contributed by atoms with Crippen LogP contribution in [-0.4, -0.2) is 19.4 Å². The summed E-state index contributed by atoms with van der Waals surface area (Å²) in [7, 11) is 0. The second-order valence-corrected chi connectivity index (χ2v) is 8.80. The van der Waals surface area contributed by atoms with E-state index in [-0.39, 0.29) is 5.56 Å². The highest BCUT2D eigenvalue weighted by atomic mass is 79.9. The van der Waals surface area contributed by atoms with Crippen LogP contribution in [0.2, 0.25) is 0 Å².